The zero-order valence-corrected chi connectivity index (χ0v) is 38.0. The van der Waals surface area contributed by atoms with Crippen molar-refractivity contribution in [1.82, 2.24) is 24.1 Å². The van der Waals surface area contributed by atoms with Crippen molar-refractivity contribution >= 4 is 65.6 Å². The van der Waals surface area contributed by atoms with E-state index in [0.29, 0.717) is 28.6 Å². The van der Waals surface area contributed by atoms with Crippen LogP contribution in [0.15, 0.2) is 235 Å². The highest BCUT2D eigenvalue weighted by Crippen LogP contribution is 2.44. The van der Waals surface area contributed by atoms with E-state index < -0.39 is 0 Å². The summed E-state index contributed by atoms with van der Waals surface area (Å²) in [5.41, 5.74) is 14.8. The molecule has 14 rings (SSSR count). The second-order valence-corrected chi connectivity index (χ2v) is 17.8. The lowest BCUT2D eigenvalue weighted by molar-refractivity contribution is 0.669. The van der Waals surface area contributed by atoms with Gasteiger partial charge in [0, 0.05) is 54.7 Å². The fourth-order valence-electron chi connectivity index (χ4n) is 10.7. The van der Waals surface area contributed by atoms with Crippen LogP contribution in [0.2, 0.25) is 0 Å². The molecule has 0 aliphatic heterocycles. The summed E-state index contributed by atoms with van der Waals surface area (Å²) < 4.78 is 10.9. The molecule has 0 N–H and O–H groups in total. The van der Waals surface area contributed by atoms with Gasteiger partial charge in [0.2, 0.25) is 0 Å². The molecule has 0 aliphatic rings. The van der Waals surface area contributed by atoms with Crippen molar-refractivity contribution in [3.8, 4) is 73.9 Å². The minimum atomic E-state index is 0.467. The molecule has 0 atom stereocenters. The van der Waals surface area contributed by atoms with Crippen LogP contribution in [0.1, 0.15) is 5.56 Å². The molecule has 4 aromatic heterocycles. The predicted molar refractivity (Wildman–Crippen MR) is 288 cm³/mol. The third-order valence-electron chi connectivity index (χ3n) is 13.8. The summed E-state index contributed by atoms with van der Waals surface area (Å²) in [6.45, 7) is 0. The van der Waals surface area contributed by atoms with Gasteiger partial charge in [-0.15, -0.1) is 0 Å². The van der Waals surface area contributed by atoms with Crippen molar-refractivity contribution < 1.29 is 4.42 Å². The van der Waals surface area contributed by atoms with E-state index >= 15 is 0 Å². The average Bonchev–Trinajstić information content (AvgIpc) is 4.11. The molecule has 0 amide bonds. The lowest BCUT2D eigenvalue weighted by Crippen LogP contribution is -2.03. The van der Waals surface area contributed by atoms with E-state index in [2.05, 4.69) is 161 Å². The molecule has 7 nitrogen and oxygen atoms in total. The first-order chi connectivity index (χ1) is 35.2. The van der Waals surface area contributed by atoms with Crippen LogP contribution < -0.4 is 0 Å². The van der Waals surface area contributed by atoms with Gasteiger partial charge in [0.1, 0.15) is 17.2 Å². The number of fused-ring (bicyclic) bond motifs is 10. The summed E-state index contributed by atoms with van der Waals surface area (Å²) in [4.78, 5) is 15.7. The Labute approximate surface area is 407 Å². The molecule has 71 heavy (non-hydrogen) atoms. The maximum absolute atomic E-state index is 11.3. The number of para-hydroxylation sites is 3. The Hall–Kier alpha value is -9.90. The number of benzene rings is 10. The molecule has 0 saturated carbocycles. The van der Waals surface area contributed by atoms with E-state index in [9.17, 15) is 5.26 Å². The van der Waals surface area contributed by atoms with Gasteiger partial charge in [-0.05, 0) is 82.9 Å². The summed E-state index contributed by atoms with van der Waals surface area (Å²) in [6, 6.07) is 81.9. The fraction of sp³-hybridized carbons (Fsp3) is 0. The largest absolute Gasteiger partial charge is 0.456 e. The number of nitriles is 1. The molecule has 10 aromatic carbocycles. The summed E-state index contributed by atoms with van der Waals surface area (Å²) in [6.07, 6.45) is 0. The van der Waals surface area contributed by atoms with Crippen LogP contribution in [-0.2, 0) is 0 Å². The molecule has 0 aliphatic carbocycles. The van der Waals surface area contributed by atoms with Crippen molar-refractivity contribution in [2.45, 2.75) is 0 Å². The Morgan fingerprint density at radius 1 is 0.366 bits per heavy atom. The van der Waals surface area contributed by atoms with Crippen molar-refractivity contribution in [1.29, 1.82) is 5.26 Å². The molecule has 7 heteroatoms. The lowest BCUT2D eigenvalue weighted by Gasteiger charge is -2.15. The van der Waals surface area contributed by atoms with Crippen LogP contribution in [0.3, 0.4) is 0 Å². The summed E-state index contributed by atoms with van der Waals surface area (Å²) >= 11 is 0. The lowest BCUT2D eigenvalue weighted by atomic mass is 9.98. The molecule has 14 aromatic rings. The second-order valence-electron chi connectivity index (χ2n) is 17.8. The molecule has 0 fully saturated rings. The van der Waals surface area contributed by atoms with Gasteiger partial charge in [0.05, 0.1) is 33.3 Å². The Balaban J connectivity index is 0.992. The van der Waals surface area contributed by atoms with E-state index in [-0.39, 0.29) is 0 Å². The molecular weight excluding hydrogens is 869 g/mol. The molecule has 4 heterocycles. The number of furan rings is 1. The zero-order chi connectivity index (χ0) is 47.0. The van der Waals surface area contributed by atoms with E-state index in [0.717, 1.165) is 110 Å². The zero-order valence-electron chi connectivity index (χ0n) is 38.0. The molecular formula is C64H38N6O. The monoisotopic (exact) mass is 906 g/mol. The van der Waals surface area contributed by atoms with Gasteiger partial charge in [-0.25, -0.2) is 15.0 Å². The van der Waals surface area contributed by atoms with Crippen LogP contribution in [0.4, 0.5) is 0 Å². The van der Waals surface area contributed by atoms with Crippen molar-refractivity contribution in [2.75, 3.05) is 0 Å². The minimum Gasteiger partial charge on any atom is -0.456 e. The minimum absolute atomic E-state index is 0.467. The summed E-state index contributed by atoms with van der Waals surface area (Å²) in [5, 5.41) is 17.8. The van der Waals surface area contributed by atoms with Crippen LogP contribution in [0, 0.1) is 11.3 Å². The average molecular weight is 907 g/mol. The predicted octanol–water partition coefficient (Wildman–Crippen LogP) is 16.2. The van der Waals surface area contributed by atoms with Crippen LogP contribution >= 0.6 is 0 Å². The molecule has 0 bridgehead atoms. The second kappa shape index (κ2) is 16.1. The molecule has 0 radical (unpaired) electrons. The summed E-state index contributed by atoms with van der Waals surface area (Å²) in [5.74, 6) is 1.54. The first-order valence-corrected chi connectivity index (χ1v) is 23.7. The van der Waals surface area contributed by atoms with Gasteiger partial charge in [-0.1, -0.05) is 170 Å². The molecule has 0 saturated heterocycles. The third kappa shape index (κ3) is 6.40. The maximum atomic E-state index is 11.3. The standard InChI is InChI=1S/C64H38N6O/c65-39-43-37-42(62-66-63(50-25-9-7-21-45(50)40-17-3-1-4-18-40)68-64(67-62)51-26-10-8-22-46(51)41-19-5-2-6-20-41)31-34-54(43)70-55-28-14-11-23-47(55)49-33-35-57-60(61(49)70)52-27-12-15-29-56(52)69(57)44-32-36-59-53(38-44)48-24-13-16-30-58(48)71-59/h1-38H. The normalized spacial score (nSPS) is 11.6. The Morgan fingerprint density at radius 2 is 0.915 bits per heavy atom. The number of nitrogens with zero attached hydrogens (tertiary/aromatic N) is 6. The Morgan fingerprint density at radius 3 is 1.59 bits per heavy atom. The van der Waals surface area contributed by atoms with E-state index in [1.54, 1.807) is 0 Å². The van der Waals surface area contributed by atoms with Crippen LogP contribution in [0.5, 0.6) is 0 Å². The van der Waals surface area contributed by atoms with Crippen molar-refractivity contribution in [2.24, 2.45) is 0 Å². The van der Waals surface area contributed by atoms with E-state index in [4.69, 9.17) is 19.4 Å². The van der Waals surface area contributed by atoms with Gasteiger partial charge in [0.25, 0.3) is 0 Å². The molecule has 0 spiro atoms. The smallest absolute Gasteiger partial charge is 0.164 e. The fourth-order valence-corrected chi connectivity index (χ4v) is 10.7. The van der Waals surface area contributed by atoms with Crippen LogP contribution in [0.25, 0.3) is 133 Å². The SMILES string of the molecule is N#Cc1cc(-c2nc(-c3ccccc3-c3ccccc3)nc(-c3ccccc3-c3ccccc3)n2)ccc1-n1c2ccccc2c2ccc3c(c4ccccc4n3-c3ccc4oc5ccccc5c4c3)c21. The quantitative estimate of drug-likeness (QED) is 0.159. The maximum Gasteiger partial charge on any atom is 0.164 e. The van der Waals surface area contributed by atoms with Gasteiger partial charge in [-0.2, -0.15) is 5.26 Å². The first kappa shape index (κ1) is 40.2. The number of aromatic nitrogens is 5. The Kier molecular flexibility index (Phi) is 9.13. The molecule has 330 valence electrons. The van der Waals surface area contributed by atoms with E-state index in [1.165, 1.54) is 0 Å². The van der Waals surface area contributed by atoms with Crippen molar-refractivity contribution in [3.63, 3.8) is 0 Å². The number of rotatable bonds is 7. The van der Waals surface area contributed by atoms with Gasteiger partial charge < -0.3 is 13.6 Å². The van der Waals surface area contributed by atoms with Crippen LogP contribution in [-0.4, -0.2) is 24.1 Å². The van der Waals surface area contributed by atoms with Gasteiger partial charge in [0.15, 0.2) is 17.5 Å². The van der Waals surface area contributed by atoms with E-state index in [1.807, 2.05) is 84.9 Å². The highest BCUT2D eigenvalue weighted by atomic mass is 16.3. The third-order valence-corrected chi connectivity index (χ3v) is 13.8. The molecule has 0 unspecified atom stereocenters. The number of hydrogen-bond donors (Lipinski definition) is 0. The highest BCUT2D eigenvalue weighted by Gasteiger charge is 2.24. The highest BCUT2D eigenvalue weighted by molar-refractivity contribution is 6.26. The topological polar surface area (TPSA) is 85.5 Å². The first-order valence-electron chi connectivity index (χ1n) is 23.7. The Bertz CT molecular complexity index is 4380. The number of hydrogen-bond acceptors (Lipinski definition) is 5. The van der Waals surface area contributed by atoms with Gasteiger partial charge in [-0.3, -0.25) is 0 Å². The van der Waals surface area contributed by atoms with Gasteiger partial charge >= 0.3 is 0 Å². The summed E-state index contributed by atoms with van der Waals surface area (Å²) in [7, 11) is 0. The van der Waals surface area contributed by atoms with Crippen molar-refractivity contribution in [3.05, 3.63) is 236 Å².